The molecule has 0 saturated carbocycles. The van der Waals surface area contributed by atoms with Gasteiger partial charge in [-0.15, -0.1) is 12.4 Å². The Morgan fingerprint density at radius 3 is 2.62 bits per heavy atom. The first-order chi connectivity index (χ1) is 9.52. The quantitative estimate of drug-likeness (QED) is 0.901. The predicted octanol–water partition coefficient (Wildman–Crippen LogP) is 1.74. The third kappa shape index (κ3) is 4.99. The normalized spacial score (nSPS) is 21.9. The highest BCUT2D eigenvalue weighted by atomic mass is 35.5. The van der Waals surface area contributed by atoms with Crippen molar-refractivity contribution in [3.63, 3.8) is 0 Å². The third-order valence-corrected chi connectivity index (χ3v) is 4.18. The molecule has 1 heterocycles. The highest BCUT2D eigenvalue weighted by Gasteiger charge is 2.33. The van der Waals surface area contributed by atoms with E-state index in [9.17, 15) is 4.79 Å². The smallest absolute Gasteiger partial charge is 0.236 e. The fourth-order valence-corrected chi connectivity index (χ4v) is 2.69. The molecule has 0 aromatic heterocycles. The highest BCUT2D eigenvalue weighted by molar-refractivity contribution is 5.85. The van der Waals surface area contributed by atoms with Crippen LogP contribution in [0.15, 0.2) is 30.3 Å². The molecule has 4 nitrogen and oxygen atoms in total. The van der Waals surface area contributed by atoms with Crippen molar-refractivity contribution in [2.75, 3.05) is 33.2 Å². The second kappa shape index (κ2) is 7.78. The number of hydrogen-bond acceptors (Lipinski definition) is 3. The number of likely N-dealkylation sites (N-methyl/N-ethyl adjacent to an activating group) is 1. The number of halogens is 1. The van der Waals surface area contributed by atoms with E-state index in [2.05, 4.69) is 11.8 Å². The van der Waals surface area contributed by atoms with E-state index in [4.69, 9.17) is 5.73 Å². The van der Waals surface area contributed by atoms with Crippen LogP contribution in [-0.2, 0) is 11.3 Å². The van der Waals surface area contributed by atoms with Crippen LogP contribution in [0, 0.1) is 5.41 Å². The standard InChI is InChI=1S/C16H25N3O.ClH/c1-16(12-17)8-9-19(13-16)11-15(20)18(2)10-14-6-4-3-5-7-14;/h3-7H,8-13,17H2,1-2H3;1H. The lowest BCUT2D eigenvalue weighted by Crippen LogP contribution is -2.39. The average Bonchev–Trinajstić information content (AvgIpc) is 2.82. The molecule has 1 aromatic rings. The lowest BCUT2D eigenvalue weighted by atomic mass is 9.90. The molecule has 1 amide bonds. The number of carbonyl (C=O) groups excluding carboxylic acids is 1. The van der Waals surface area contributed by atoms with E-state index in [-0.39, 0.29) is 23.7 Å². The first kappa shape index (κ1) is 18.0. The first-order valence-electron chi connectivity index (χ1n) is 7.23. The maximum atomic E-state index is 12.3. The molecule has 1 saturated heterocycles. The van der Waals surface area contributed by atoms with E-state index in [0.29, 0.717) is 19.6 Å². The van der Waals surface area contributed by atoms with Gasteiger partial charge in [-0.3, -0.25) is 9.69 Å². The molecule has 118 valence electrons. The van der Waals surface area contributed by atoms with Crippen molar-refractivity contribution < 1.29 is 4.79 Å². The maximum Gasteiger partial charge on any atom is 0.236 e. The Morgan fingerprint density at radius 2 is 2.05 bits per heavy atom. The van der Waals surface area contributed by atoms with E-state index < -0.39 is 0 Å². The molecule has 1 atom stereocenters. The van der Waals surface area contributed by atoms with Crippen molar-refractivity contribution in [3.05, 3.63) is 35.9 Å². The number of benzene rings is 1. The summed E-state index contributed by atoms with van der Waals surface area (Å²) in [5.74, 6) is 0.176. The summed E-state index contributed by atoms with van der Waals surface area (Å²) in [5, 5.41) is 0. The minimum absolute atomic E-state index is 0. The molecule has 1 aliphatic rings. The van der Waals surface area contributed by atoms with Crippen molar-refractivity contribution in [3.8, 4) is 0 Å². The Hall–Kier alpha value is -1.10. The fraction of sp³-hybridized carbons (Fsp3) is 0.562. The summed E-state index contributed by atoms with van der Waals surface area (Å²) < 4.78 is 0. The van der Waals surface area contributed by atoms with Crippen molar-refractivity contribution in [2.24, 2.45) is 11.1 Å². The fourth-order valence-electron chi connectivity index (χ4n) is 2.69. The maximum absolute atomic E-state index is 12.3. The summed E-state index contributed by atoms with van der Waals surface area (Å²) in [6.07, 6.45) is 1.08. The summed E-state index contributed by atoms with van der Waals surface area (Å²) in [4.78, 5) is 16.3. The second-order valence-electron chi connectivity index (χ2n) is 6.21. The molecule has 1 unspecified atom stereocenters. The van der Waals surface area contributed by atoms with E-state index >= 15 is 0 Å². The zero-order valence-corrected chi connectivity index (χ0v) is 13.7. The number of carbonyl (C=O) groups is 1. The number of rotatable bonds is 5. The summed E-state index contributed by atoms with van der Waals surface area (Å²) in [5.41, 5.74) is 7.14. The van der Waals surface area contributed by atoms with Crippen LogP contribution in [0.2, 0.25) is 0 Å². The Morgan fingerprint density at radius 1 is 1.38 bits per heavy atom. The van der Waals surface area contributed by atoms with Gasteiger partial charge >= 0.3 is 0 Å². The van der Waals surface area contributed by atoms with Crippen LogP contribution >= 0.6 is 12.4 Å². The number of nitrogens with zero attached hydrogens (tertiary/aromatic N) is 2. The molecular formula is C16H26ClN3O. The molecule has 21 heavy (non-hydrogen) atoms. The molecule has 1 fully saturated rings. The van der Waals surface area contributed by atoms with Gasteiger partial charge in [-0.2, -0.15) is 0 Å². The van der Waals surface area contributed by atoms with Gasteiger partial charge in [0.1, 0.15) is 0 Å². The molecular weight excluding hydrogens is 286 g/mol. The molecule has 2 rings (SSSR count). The summed E-state index contributed by atoms with van der Waals surface area (Å²) >= 11 is 0. The van der Waals surface area contributed by atoms with Crippen LogP contribution in [0.1, 0.15) is 18.9 Å². The van der Waals surface area contributed by atoms with Crippen molar-refractivity contribution in [1.29, 1.82) is 0 Å². The lowest BCUT2D eigenvalue weighted by Gasteiger charge is -2.24. The molecule has 1 aliphatic heterocycles. The van der Waals surface area contributed by atoms with E-state index in [1.165, 1.54) is 0 Å². The number of nitrogens with two attached hydrogens (primary N) is 1. The van der Waals surface area contributed by atoms with Gasteiger partial charge in [-0.1, -0.05) is 37.3 Å². The van der Waals surface area contributed by atoms with Crippen LogP contribution in [-0.4, -0.2) is 48.9 Å². The van der Waals surface area contributed by atoms with Crippen molar-refractivity contribution in [2.45, 2.75) is 19.9 Å². The van der Waals surface area contributed by atoms with Gasteiger partial charge in [0, 0.05) is 20.1 Å². The van der Waals surface area contributed by atoms with Crippen LogP contribution in [0.5, 0.6) is 0 Å². The SMILES string of the molecule is CN(Cc1ccccc1)C(=O)CN1CCC(C)(CN)C1.Cl. The summed E-state index contributed by atoms with van der Waals surface area (Å²) in [6.45, 7) is 5.95. The number of hydrogen-bond donors (Lipinski definition) is 1. The van der Waals surface area contributed by atoms with Gasteiger partial charge in [-0.25, -0.2) is 0 Å². The van der Waals surface area contributed by atoms with Crippen LogP contribution in [0.25, 0.3) is 0 Å². The molecule has 2 N–H and O–H groups in total. The van der Waals surface area contributed by atoms with Crippen LogP contribution in [0.3, 0.4) is 0 Å². The average molecular weight is 312 g/mol. The number of likely N-dealkylation sites (tertiary alicyclic amines) is 1. The first-order valence-corrected chi connectivity index (χ1v) is 7.23. The molecule has 5 heteroatoms. The minimum atomic E-state index is 0. The monoisotopic (exact) mass is 311 g/mol. The largest absolute Gasteiger partial charge is 0.340 e. The Bertz CT molecular complexity index is 454. The van der Waals surface area contributed by atoms with E-state index in [1.807, 2.05) is 37.4 Å². The molecule has 0 bridgehead atoms. The lowest BCUT2D eigenvalue weighted by molar-refractivity contribution is -0.131. The zero-order chi connectivity index (χ0) is 14.6. The predicted molar refractivity (Wildman–Crippen MR) is 88.4 cm³/mol. The molecule has 1 aromatic carbocycles. The second-order valence-corrected chi connectivity index (χ2v) is 6.21. The topological polar surface area (TPSA) is 49.6 Å². The summed E-state index contributed by atoms with van der Waals surface area (Å²) in [6, 6.07) is 10.1. The number of amides is 1. The highest BCUT2D eigenvalue weighted by Crippen LogP contribution is 2.28. The van der Waals surface area contributed by atoms with Gasteiger partial charge in [0.15, 0.2) is 0 Å². The van der Waals surface area contributed by atoms with Crippen molar-refractivity contribution >= 4 is 18.3 Å². The van der Waals surface area contributed by atoms with Gasteiger partial charge in [-0.05, 0) is 30.5 Å². The van der Waals surface area contributed by atoms with Crippen LogP contribution < -0.4 is 5.73 Å². The van der Waals surface area contributed by atoms with Gasteiger partial charge in [0.25, 0.3) is 0 Å². The molecule has 0 spiro atoms. The minimum Gasteiger partial charge on any atom is -0.340 e. The zero-order valence-electron chi connectivity index (χ0n) is 12.9. The van der Waals surface area contributed by atoms with Crippen LogP contribution in [0.4, 0.5) is 0 Å². The summed E-state index contributed by atoms with van der Waals surface area (Å²) in [7, 11) is 1.87. The Balaban J connectivity index is 0.00000220. The van der Waals surface area contributed by atoms with Gasteiger partial charge in [0.05, 0.1) is 6.54 Å². The molecule has 0 radical (unpaired) electrons. The Kier molecular flexibility index (Phi) is 6.65. The van der Waals surface area contributed by atoms with Crippen molar-refractivity contribution in [1.82, 2.24) is 9.80 Å². The molecule has 0 aliphatic carbocycles. The Labute approximate surface area is 133 Å². The van der Waals surface area contributed by atoms with E-state index in [1.54, 1.807) is 4.90 Å². The van der Waals surface area contributed by atoms with E-state index in [0.717, 1.165) is 25.1 Å². The van der Waals surface area contributed by atoms with Gasteiger partial charge in [0.2, 0.25) is 5.91 Å². The van der Waals surface area contributed by atoms with Gasteiger partial charge < -0.3 is 10.6 Å². The third-order valence-electron chi connectivity index (χ3n) is 4.18.